The molecule has 0 bridgehead atoms. The molecule has 19 heavy (non-hydrogen) atoms. The van der Waals surface area contributed by atoms with Crippen molar-refractivity contribution in [2.75, 3.05) is 5.32 Å². The monoisotopic (exact) mass is 319 g/mol. The average molecular weight is 320 g/mol. The summed E-state index contributed by atoms with van der Waals surface area (Å²) in [5.41, 5.74) is 4.06. The lowest BCUT2D eigenvalue weighted by Gasteiger charge is -2.39. The molecule has 1 aromatic carbocycles. The van der Waals surface area contributed by atoms with Crippen molar-refractivity contribution in [3.63, 3.8) is 0 Å². The Balaban J connectivity index is 2.20. The number of anilines is 1. The van der Waals surface area contributed by atoms with Gasteiger partial charge in [0.2, 0.25) is 0 Å². The van der Waals surface area contributed by atoms with Gasteiger partial charge in [0.1, 0.15) is 0 Å². The summed E-state index contributed by atoms with van der Waals surface area (Å²) in [6.07, 6.45) is 6.83. The van der Waals surface area contributed by atoms with Crippen LogP contribution in [-0.2, 0) is 0 Å². The number of benzene rings is 1. The second kappa shape index (κ2) is 5.96. The lowest BCUT2D eigenvalue weighted by Crippen LogP contribution is -2.40. The molecule has 0 saturated heterocycles. The van der Waals surface area contributed by atoms with Gasteiger partial charge in [-0.1, -0.05) is 33.2 Å². The molecule has 2 heteroatoms. The Hall–Kier alpha value is -1.02. The Morgan fingerprint density at radius 2 is 2.05 bits per heavy atom. The SMILES string of the molecule is C=C(C)C[C@@]1(Nc2ccc(Br)cc2)CCC=C(C)C1. The Bertz CT molecular complexity index is 486. The van der Waals surface area contributed by atoms with Gasteiger partial charge in [-0.2, -0.15) is 0 Å². The second-order valence-corrected chi connectivity index (χ2v) is 6.73. The molecule has 0 unspecified atom stereocenters. The molecule has 0 fully saturated rings. The van der Waals surface area contributed by atoms with Crippen molar-refractivity contribution in [2.24, 2.45) is 0 Å². The van der Waals surface area contributed by atoms with Crippen molar-refractivity contribution in [2.45, 2.75) is 45.1 Å². The Morgan fingerprint density at radius 1 is 1.37 bits per heavy atom. The quantitative estimate of drug-likeness (QED) is 0.702. The van der Waals surface area contributed by atoms with E-state index in [2.05, 4.69) is 72.0 Å². The van der Waals surface area contributed by atoms with E-state index in [0.717, 1.165) is 23.7 Å². The lowest BCUT2D eigenvalue weighted by molar-refractivity contribution is 0.409. The zero-order valence-electron chi connectivity index (χ0n) is 11.8. The van der Waals surface area contributed by atoms with Gasteiger partial charge in [-0.05, 0) is 63.8 Å². The minimum absolute atomic E-state index is 0.137. The van der Waals surface area contributed by atoms with Crippen molar-refractivity contribution in [3.8, 4) is 0 Å². The van der Waals surface area contributed by atoms with Crippen LogP contribution < -0.4 is 5.32 Å². The van der Waals surface area contributed by atoms with Crippen LogP contribution in [0.25, 0.3) is 0 Å². The third-order valence-electron chi connectivity index (χ3n) is 3.63. The first kappa shape index (κ1) is 14.4. The lowest BCUT2D eigenvalue weighted by atomic mass is 9.77. The second-order valence-electron chi connectivity index (χ2n) is 5.81. The highest BCUT2D eigenvalue weighted by molar-refractivity contribution is 9.10. The smallest absolute Gasteiger partial charge is 0.0450 e. The van der Waals surface area contributed by atoms with E-state index in [1.54, 1.807) is 0 Å². The first-order chi connectivity index (χ1) is 8.99. The van der Waals surface area contributed by atoms with Crippen molar-refractivity contribution in [3.05, 3.63) is 52.5 Å². The van der Waals surface area contributed by atoms with E-state index in [1.165, 1.54) is 23.3 Å². The van der Waals surface area contributed by atoms with Crippen LogP contribution in [0.15, 0.2) is 52.5 Å². The van der Waals surface area contributed by atoms with Crippen LogP contribution in [0.4, 0.5) is 5.69 Å². The Morgan fingerprint density at radius 3 is 2.63 bits per heavy atom. The Kier molecular flexibility index (Phi) is 4.51. The first-order valence-corrected chi connectivity index (χ1v) is 7.62. The highest BCUT2D eigenvalue weighted by Gasteiger charge is 2.31. The topological polar surface area (TPSA) is 12.0 Å². The highest BCUT2D eigenvalue weighted by atomic mass is 79.9. The van der Waals surface area contributed by atoms with Gasteiger partial charge in [0.25, 0.3) is 0 Å². The van der Waals surface area contributed by atoms with E-state index in [0.29, 0.717) is 0 Å². The molecule has 0 radical (unpaired) electrons. The van der Waals surface area contributed by atoms with Crippen molar-refractivity contribution < 1.29 is 0 Å². The van der Waals surface area contributed by atoms with Gasteiger partial charge in [0.05, 0.1) is 0 Å². The number of halogens is 1. The van der Waals surface area contributed by atoms with Gasteiger partial charge in [-0.15, -0.1) is 6.58 Å². The molecule has 2 rings (SSSR count). The number of hydrogen-bond acceptors (Lipinski definition) is 1. The highest BCUT2D eigenvalue weighted by Crippen LogP contribution is 2.36. The van der Waals surface area contributed by atoms with E-state index < -0.39 is 0 Å². The van der Waals surface area contributed by atoms with E-state index >= 15 is 0 Å². The summed E-state index contributed by atoms with van der Waals surface area (Å²) in [5.74, 6) is 0. The minimum atomic E-state index is 0.137. The predicted octanol–water partition coefficient (Wildman–Crippen LogP) is 5.70. The van der Waals surface area contributed by atoms with E-state index in [9.17, 15) is 0 Å². The summed E-state index contributed by atoms with van der Waals surface area (Å²) in [6, 6.07) is 8.44. The molecule has 0 aliphatic heterocycles. The summed E-state index contributed by atoms with van der Waals surface area (Å²) in [4.78, 5) is 0. The molecule has 0 heterocycles. The van der Waals surface area contributed by atoms with Crippen LogP contribution in [-0.4, -0.2) is 5.54 Å². The summed E-state index contributed by atoms with van der Waals surface area (Å²) in [5, 5.41) is 3.76. The molecule has 0 saturated carbocycles. The zero-order chi connectivity index (χ0) is 13.9. The summed E-state index contributed by atoms with van der Waals surface area (Å²) in [7, 11) is 0. The maximum Gasteiger partial charge on any atom is 0.0450 e. The summed E-state index contributed by atoms with van der Waals surface area (Å²) in [6.45, 7) is 8.46. The van der Waals surface area contributed by atoms with Crippen LogP contribution in [0.2, 0.25) is 0 Å². The fraction of sp³-hybridized carbons (Fsp3) is 0.412. The summed E-state index contributed by atoms with van der Waals surface area (Å²) < 4.78 is 1.12. The molecule has 1 atom stereocenters. The average Bonchev–Trinajstić information content (AvgIpc) is 2.31. The third kappa shape index (κ3) is 3.97. The van der Waals surface area contributed by atoms with Gasteiger partial charge in [-0.3, -0.25) is 0 Å². The summed E-state index contributed by atoms with van der Waals surface area (Å²) >= 11 is 3.48. The maximum absolute atomic E-state index is 4.11. The van der Waals surface area contributed by atoms with Crippen molar-refractivity contribution in [1.29, 1.82) is 0 Å². The van der Waals surface area contributed by atoms with E-state index in [4.69, 9.17) is 0 Å². The molecule has 1 aromatic rings. The molecule has 1 N–H and O–H groups in total. The number of allylic oxidation sites excluding steroid dienone is 1. The van der Waals surface area contributed by atoms with Gasteiger partial charge in [-0.25, -0.2) is 0 Å². The van der Waals surface area contributed by atoms with Crippen LogP contribution >= 0.6 is 15.9 Å². The van der Waals surface area contributed by atoms with Crippen LogP contribution in [0.5, 0.6) is 0 Å². The van der Waals surface area contributed by atoms with Gasteiger partial charge >= 0.3 is 0 Å². The Labute approximate surface area is 124 Å². The van der Waals surface area contributed by atoms with Crippen LogP contribution in [0.3, 0.4) is 0 Å². The van der Waals surface area contributed by atoms with E-state index in [-0.39, 0.29) is 5.54 Å². The minimum Gasteiger partial charge on any atom is -0.379 e. The largest absolute Gasteiger partial charge is 0.379 e. The molecular weight excluding hydrogens is 298 g/mol. The van der Waals surface area contributed by atoms with Crippen LogP contribution in [0.1, 0.15) is 39.5 Å². The van der Waals surface area contributed by atoms with E-state index in [1.807, 2.05) is 0 Å². The molecule has 0 aromatic heterocycles. The number of nitrogens with one attached hydrogen (secondary N) is 1. The normalized spacial score (nSPS) is 22.8. The molecule has 0 amide bonds. The van der Waals surface area contributed by atoms with Crippen molar-refractivity contribution in [1.82, 2.24) is 0 Å². The molecule has 1 aliphatic rings. The number of rotatable bonds is 4. The third-order valence-corrected chi connectivity index (χ3v) is 4.16. The van der Waals surface area contributed by atoms with Crippen LogP contribution in [0, 0.1) is 0 Å². The maximum atomic E-state index is 4.11. The molecule has 1 aliphatic carbocycles. The molecule has 102 valence electrons. The van der Waals surface area contributed by atoms with Gasteiger partial charge in [0, 0.05) is 15.7 Å². The fourth-order valence-electron chi connectivity index (χ4n) is 3.01. The predicted molar refractivity (Wildman–Crippen MR) is 87.5 cm³/mol. The number of hydrogen-bond donors (Lipinski definition) is 1. The standard InChI is InChI=1S/C17H22BrN/c1-13(2)11-17(10-4-5-14(3)12-17)19-16-8-6-15(18)7-9-16/h5-9,19H,1,4,10-12H2,2-3H3/t17-/m0/s1. The zero-order valence-corrected chi connectivity index (χ0v) is 13.4. The van der Waals surface area contributed by atoms with Gasteiger partial charge < -0.3 is 5.32 Å². The molecule has 0 spiro atoms. The molecule has 1 nitrogen and oxygen atoms in total. The van der Waals surface area contributed by atoms with Gasteiger partial charge in [0.15, 0.2) is 0 Å². The fourth-order valence-corrected chi connectivity index (χ4v) is 3.27. The molecular formula is C17H22BrN. The first-order valence-electron chi connectivity index (χ1n) is 6.83. The van der Waals surface area contributed by atoms with Crippen molar-refractivity contribution >= 4 is 21.6 Å².